The number of hydrogen-bond acceptors (Lipinski definition) is 3. The molecule has 90 valence electrons. The average molecular weight is 238 g/mol. The highest BCUT2D eigenvalue weighted by Crippen LogP contribution is 2.17. The lowest BCUT2D eigenvalue weighted by atomic mass is 10.2. The van der Waals surface area contributed by atoms with E-state index in [2.05, 4.69) is 27.5 Å². The van der Waals surface area contributed by atoms with Gasteiger partial charge in [0.15, 0.2) is 0 Å². The highest BCUT2D eigenvalue weighted by atomic mass is 15.3. The Kier molecular flexibility index (Phi) is 2.68. The van der Waals surface area contributed by atoms with Gasteiger partial charge in [0, 0.05) is 11.6 Å². The van der Waals surface area contributed by atoms with E-state index in [1.165, 1.54) is 5.39 Å². The maximum atomic E-state index is 4.53. The first-order chi connectivity index (χ1) is 8.84. The molecule has 1 N–H and O–H groups in total. The van der Waals surface area contributed by atoms with E-state index < -0.39 is 0 Å². The minimum Gasteiger partial charge on any atom is -0.351 e. The van der Waals surface area contributed by atoms with Crippen LogP contribution in [-0.4, -0.2) is 14.8 Å². The topological polar surface area (TPSA) is 42.7 Å². The molecular weight excluding hydrogens is 224 g/mol. The Morgan fingerprint density at radius 2 is 1.94 bits per heavy atom. The molecule has 0 saturated carbocycles. The fraction of sp³-hybridized carbons (Fsp3) is 0.143. The Labute approximate surface area is 105 Å². The van der Waals surface area contributed by atoms with Gasteiger partial charge < -0.3 is 5.32 Å². The first-order valence-corrected chi connectivity index (χ1v) is 5.91. The minimum atomic E-state index is 0.616. The van der Waals surface area contributed by atoms with Crippen LogP contribution in [0.1, 0.15) is 5.69 Å². The molecule has 0 amide bonds. The molecule has 0 unspecified atom stereocenters. The number of para-hydroxylation sites is 1. The van der Waals surface area contributed by atoms with Gasteiger partial charge in [-0.05, 0) is 25.1 Å². The van der Waals surface area contributed by atoms with Crippen LogP contribution in [0.4, 0.5) is 5.82 Å². The average Bonchev–Trinajstić information content (AvgIpc) is 2.75. The number of nitrogens with zero attached hydrogens (tertiary/aromatic N) is 3. The zero-order valence-electron chi connectivity index (χ0n) is 10.2. The fourth-order valence-corrected chi connectivity index (χ4v) is 2.04. The highest BCUT2D eigenvalue weighted by Gasteiger charge is 2.05. The van der Waals surface area contributed by atoms with Gasteiger partial charge in [-0.25, -0.2) is 9.67 Å². The maximum Gasteiger partial charge on any atom is 0.127 e. The summed E-state index contributed by atoms with van der Waals surface area (Å²) in [4.78, 5) is 4.23. The van der Waals surface area contributed by atoms with Crippen molar-refractivity contribution < 1.29 is 0 Å². The van der Waals surface area contributed by atoms with E-state index in [9.17, 15) is 0 Å². The van der Waals surface area contributed by atoms with Crippen LogP contribution in [-0.2, 0) is 6.67 Å². The van der Waals surface area contributed by atoms with Gasteiger partial charge in [0.25, 0.3) is 0 Å². The van der Waals surface area contributed by atoms with E-state index in [4.69, 9.17) is 0 Å². The van der Waals surface area contributed by atoms with Crippen molar-refractivity contribution in [1.29, 1.82) is 0 Å². The van der Waals surface area contributed by atoms with E-state index in [0.29, 0.717) is 6.67 Å². The first kappa shape index (κ1) is 10.8. The third-order valence-corrected chi connectivity index (χ3v) is 2.92. The predicted octanol–water partition coefficient (Wildman–Crippen LogP) is 2.81. The van der Waals surface area contributed by atoms with Crippen LogP contribution in [0.25, 0.3) is 10.9 Å². The smallest absolute Gasteiger partial charge is 0.127 e. The van der Waals surface area contributed by atoms with Gasteiger partial charge in [-0.15, -0.1) is 0 Å². The number of pyridine rings is 1. The van der Waals surface area contributed by atoms with Crippen LogP contribution in [0.5, 0.6) is 0 Å². The lowest BCUT2D eigenvalue weighted by Crippen LogP contribution is -2.10. The van der Waals surface area contributed by atoms with E-state index in [0.717, 1.165) is 17.0 Å². The van der Waals surface area contributed by atoms with E-state index in [-0.39, 0.29) is 0 Å². The van der Waals surface area contributed by atoms with Crippen LogP contribution >= 0.6 is 0 Å². The second-order valence-corrected chi connectivity index (χ2v) is 4.15. The highest BCUT2D eigenvalue weighted by molar-refractivity contribution is 5.81. The van der Waals surface area contributed by atoms with Crippen molar-refractivity contribution in [3.63, 3.8) is 0 Å². The van der Waals surface area contributed by atoms with Crippen molar-refractivity contribution in [2.24, 2.45) is 0 Å². The SMILES string of the molecule is Cc1nn(CNc2ccccn2)c2ccccc12. The summed E-state index contributed by atoms with van der Waals surface area (Å²) in [6.07, 6.45) is 1.77. The van der Waals surface area contributed by atoms with Crippen molar-refractivity contribution in [1.82, 2.24) is 14.8 Å². The predicted molar refractivity (Wildman–Crippen MR) is 72.3 cm³/mol. The molecule has 0 aliphatic carbocycles. The summed E-state index contributed by atoms with van der Waals surface area (Å²) >= 11 is 0. The third kappa shape index (κ3) is 1.93. The van der Waals surface area contributed by atoms with E-state index >= 15 is 0 Å². The van der Waals surface area contributed by atoms with E-state index in [1.54, 1.807) is 6.20 Å². The number of benzene rings is 1. The van der Waals surface area contributed by atoms with Crippen LogP contribution in [0, 0.1) is 6.92 Å². The van der Waals surface area contributed by atoms with Crippen molar-refractivity contribution in [2.45, 2.75) is 13.6 Å². The molecule has 3 aromatic rings. The monoisotopic (exact) mass is 238 g/mol. The molecule has 0 aliphatic heterocycles. The molecule has 1 aromatic carbocycles. The molecule has 18 heavy (non-hydrogen) atoms. The minimum absolute atomic E-state index is 0.616. The Morgan fingerprint density at radius 1 is 1.11 bits per heavy atom. The Hall–Kier alpha value is -2.36. The summed E-state index contributed by atoms with van der Waals surface area (Å²) in [6, 6.07) is 14.0. The Bertz CT molecular complexity index is 658. The molecule has 4 heteroatoms. The Balaban J connectivity index is 1.87. The molecule has 0 aliphatic rings. The molecule has 0 bridgehead atoms. The van der Waals surface area contributed by atoms with Crippen LogP contribution in [0.2, 0.25) is 0 Å². The number of aryl methyl sites for hydroxylation is 1. The van der Waals surface area contributed by atoms with Gasteiger partial charge in [0.05, 0.1) is 11.2 Å². The van der Waals surface area contributed by atoms with Crippen molar-refractivity contribution >= 4 is 16.7 Å². The van der Waals surface area contributed by atoms with Crippen LogP contribution in [0.3, 0.4) is 0 Å². The summed E-state index contributed by atoms with van der Waals surface area (Å²) in [6.45, 7) is 2.64. The largest absolute Gasteiger partial charge is 0.351 e. The van der Waals surface area contributed by atoms with Gasteiger partial charge in [0.2, 0.25) is 0 Å². The van der Waals surface area contributed by atoms with Crippen molar-refractivity contribution in [3.8, 4) is 0 Å². The van der Waals surface area contributed by atoms with Gasteiger partial charge in [-0.2, -0.15) is 5.10 Å². The lowest BCUT2D eigenvalue weighted by molar-refractivity contribution is 0.684. The number of fused-ring (bicyclic) bond motifs is 1. The van der Waals surface area contributed by atoms with Gasteiger partial charge in [-0.3, -0.25) is 0 Å². The number of nitrogens with one attached hydrogen (secondary N) is 1. The molecule has 0 fully saturated rings. The van der Waals surface area contributed by atoms with Gasteiger partial charge in [-0.1, -0.05) is 24.3 Å². The number of hydrogen-bond donors (Lipinski definition) is 1. The van der Waals surface area contributed by atoms with Crippen LogP contribution < -0.4 is 5.32 Å². The van der Waals surface area contributed by atoms with Crippen molar-refractivity contribution in [3.05, 3.63) is 54.4 Å². The zero-order valence-corrected chi connectivity index (χ0v) is 10.2. The maximum absolute atomic E-state index is 4.53. The molecule has 2 aromatic heterocycles. The molecule has 0 saturated heterocycles. The number of aromatic nitrogens is 3. The summed E-state index contributed by atoms with van der Waals surface area (Å²) in [5.74, 6) is 0.856. The second-order valence-electron chi connectivity index (χ2n) is 4.15. The number of rotatable bonds is 3. The lowest BCUT2D eigenvalue weighted by Gasteiger charge is -2.06. The summed E-state index contributed by atoms with van der Waals surface area (Å²) in [7, 11) is 0. The standard InChI is InChI=1S/C14H14N4/c1-11-12-6-2-3-7-13(12)18(17-11)10-16-14-8-4-5-9-15-14/h2-9H,10H2,1H3,(H,15,16). The summed E-state index contributed by atoms with van der Waals surface area (Å²) in [5, 5.41) is 8.98. The third-order valence-electron chi connectivity index (χ3n) is 2.92. The fourth-order valence-electron chi connectivity index (χ4n) is 2.04. The molecular formula is C14H14N4. The number of anilines is 1. The summed E-state index contributed by atoms with van der Waals surface area (Å²) < 4.78 is 1.96. The Morgan fingerprint density at radius 3 is 2.78 bits per heavy atom. The molecule has 3 rings (SSSR count). The molecule has 0 spiro atoms. The quantitative estimate of drug-likeness (QED) is 0.763. The first-order valence-electron chi connectivity index (χ1n) is 5.91. The van der Waals surface area contributed by atoms with Gasteiger partial charge >= 0.3 is 0 Å². The second kappa shape index (κ2) is 4.49. The van der Waals surface area contributed by atoms with Crippen molar-refractivity contribution in [2.75, 3.05) is 5.32 Å². The van der Waals surface area contributed by atoms with Crippen LogP contribution in [0.15, 0.2) is 48.7 Å². The molecule has 4 nitrogen and oxygen atoms in total. The normalized spacial score (nSPS) is 10.7. The van der Waals surface area contributed by atoms with E-state index in [1.807, 2.05) is 41.9 Å². The zero-order chi connectivity index (χ0) is 12.4. The molecule has 2 heterocycles. The van der Waals surface area contributed by atoms with Gasteiger partial charge in [0.1, 0.15) is 12.5 Å². The molecule has 0 atom stereocenters. The summed E-state index contributed by atoms with van der Waals surface area (Å²) in [5.41, 5.74) is 2.19. The molecule has 0 radical (unpaired) electrons.